The Morgan fingerprint density at radius 2 is 1.50 bits per heavy atom. The fourth-order valence-electron chi connectivity index (χ4n) is 2.48. The number of halogens is 3. The molecule has 1 aliphatic heterocycles. The van der Waals surface area contributed by atoms with E-state index in [4.69, 9.17) is 13.8 Å². The lowest BCUT2D eigenvalue weighted by Gasteiger charge is -2.32. The van der Waals surface area contributed by atoms with E-state index in [1.807, 2.05) is 0 Å². The third-order valence-electron chi connectivity index (χ3n) is 4.52. The lowest BCUT2D eigenvalue weighted by atomic mass is 9.76. The number of nitrogens with zero attached hydrogens (tertiary/aromatic N) is 1. The van der Waals surface area contributed by atoms with Crippen LogP contribution in [0.5, 0.6) is 0 Å². The molecule has 0 saturated carbocycles. The predicted octanol–water partition coefficient (Wildman–Crippen LogP) is 3.66. The van der Waals surface area contributed by atoms with Crippen LogP contribution in [0.1, 0.15) is 33.4 Å². The van der Waals surface area contributed by atoms with Crippen LogP contribution in [0, 0.1) is 0 Å². The number of aromatic nitrogens is 1. The number of rotatable bonds is 2. The molecule has 0 spiro atoms. The Labute approximate surface area is 138 Å². The number of hydrogen-bond acceptors (Lipinski definition) is 4. The fraction of sp³-hybridized carbons (Fsp3) is 0.438. The van der Waals surface area contributed by atoms with Crippen LogP contribution in [-0.2, 0) is 15.5 Å². The maximum Gasteiger partial charge on any atom is 0.501 e. The highest BCUT2D eigenvalue weighted by Crippen LogP contribution is 2.39. The molecule has 1 aromatic heterocycles. The van der Waals surface area contributed by atoms with Gasteiger partial charge in [0.2, 0.25) is 0 Å². The van der Waals surface area contributed by atoms with Crippen molar-refractivity contribution >= 4 is 12.6 Å². The molecule has 2 heterocycles. The molecule has 3 rings (SSSR count). The van der Waals surface area contributed by atoms with Crippen LogP contribution in [0.2, 0.25) is 0 Å². The smallest absolute Gasteiger partial charge is 0.399 e. The quantitative estimate of drug-likeness (QED) is 0.784. The summed E-state index contributed by atoms with van der Waals surface area (Å²) in [7, 11) is -1.21. The lowest BCUT2D eigenvalue weighted by molar-refractivity contribution is -0.142. The van der Waals surface area contributed by atoms with Crippen LogP contribution in [-0.4, -0.2) is 23.5 Å². The summed E-state index contributed by atoms with van der Waals surface area (Å²) < 4.78 is 56.7. The zero-order valence-electron chi connectivity index (χ0n) is 13.8. The van der Waals surface area contributed by atoms with Crippen molar-refractivity contribution in [3.05, 3.63) is 36.0 Å². The average Bonchev–Trinajstić information content (AvgIpc) is 2.99. The van der Waals surface area contributed by atoms with Crippen LogP contribution < -0.4 is 5.46 Å². The van der Waals surface area contributed by atoms with E-state index < -0.39 is 30.2 Å². The minimum atomic E-state index is -4.67. The van der Waals surface area contributed by atoms with Crippen molar-refractivity contribution in [2.45, 2.75) is 45.1 Å². The molecule has 24 heavy (non-hydrogen) atoms. The van der Waals surface area contributed by atoms with Gasteiger partial charge < -0.3 is 13.8 Å². The van der Waals surface area contributed by atoms with E-state index in [9.17, 15) is 13.2 Å². The normalized spacial score (nSPS) is 19.7. The van der Waals surface area contributed by atoms with Crippen molar-refractivity contribution in [3.8, 4) is 11.3 Å². The zero-order chi connectivity index (χ0) is 17.8. The molecular formula is C16H17BF3NO3. The Kier molecular flexibility index (Phi) is 3.80. The minimum absolute atomic E-state index is 0.00132. The molecule has 8 heteroatoms. The third kappa shape index (κ3) is 2.73. The summed E-state index contributed by atoms with van der Waals surface area (Å²) in [6.45, 7) is 7.10. The van der Waals surface area contributed by atoms with Gasteiger partial charge in [0.05, 0.1) is 16.7 Å². The van der Waals surface area contributed by atoms with E-state index in [2.05, 4.69) is 5.16 Å². The Morgan fingerprint density at radius 1 is 0.958 bits per heavy atom. The van der Waals surface area contributed by atoms with E-state index in [1.165, 1.54) is 0 Å². The van der Waals surface area contributed by atoms with Gasteiger partial charge in [-0.05, 0) is 27.7 Å². The lowest BCUT2D eigenvalue weighted by Crippen LogP contribution is -2.41. The molecular weight excluding hydrogens is 322 g/mol. The molecule has 1 aromatic carbocycles. The highest BCUT2D eigenvalue weighted by atomic mass is 19.4. The summed E-state index contributed by atoms with van der Waals surface area (Å²) >= 11 is 0. The van der Waals surface area contributed by atoms with E-state index >= 15 is 0 Å². The van der Waals surface area contributed by atoms with Gasteiger partial charge in [0, 0.05) is 5.56 Å². The minimum Gasteiger partial charge on any atom is -0.399 e. The molecule has 1 fully saturated rings. The largest absolute Gasteiger partial charge is 0.501 e. The average molecular weight is 339 g/mol. The van der Waals surface area contributed by atoms with Gasteiger partial charge in [-0.15, -0.1) is 0 Å². The molecule has 0 amide bonds. The molecule has 1 aliphatic rings. The van der Waals surface area contributed by atoms with Crippen LogP contribution in [0.15, 0.2) is 34.9 Å². The predicted molar refractivity (Wildman–Crippen MR) is 82.7 cm³/mol. The van der Waals surface area contributed by atoms with Crippen LogP contribution in [0.25, 0.3) is 11.3 Å². The van der Waals surface area contributed by atoms with Crippen molar-refractivity contribution in [3.63, 3.8) is 0 Å². The van der Waals surface area contributed by atoms with Crippen molar-refractivity contribution in [2.24, 2.45) is 0 Å². The van der Waals surface area contributed by atoms with E-state index in [0.717, 1.165) is 0 Å². The van der Waals surface area contributed by atoms with Gasteiger partial charge in [-0.3, -0.25) is 0 Å². The zero-order valence-corrected chi connectivity index (χ0v) is 13.8. The maximum atomic E-state index is 13.4. The first-order valence-electron chi connectivity index (χ1n) is 7.51. The summed E-state index contributed by atoms with van der Waals surface area (Å²) in [6, 6.07) is 8.47. The van der Waals surface area contributed by atoms with Crippen molar-refractivity contribution < 1.29 is 27.0 Å². The van der Waals surface area contributed by atoms with Gasteiger partial charge in [0.15, 0.2) is 11.5 Å². The molecule has 0 atom stereocenters. The Hall–Kier alpha value is -1.80. The van der Waals surface area contributed by atoms with Crippen LogP contribution in [0.3, 0.4) is 0 Å². The summed E-state index contributed by atoms with van der Waals surface area (Å²) in [6.07, 6.45) is -4.67. The van der Waals surface area contributed by atoms with Gasteiger partial charge in [0.1, 0.15) is 0 Å². The first-order valence-corrected chi connectivity index (χ1v) is 7.51. The number of alkyl halides is 3. The van der Waals surface area contributed by atoms with Gasteiger partial charge >= 0.3 is 13.3 Å². The summed E-state index contributed by atoms with van der Waals surface area (Å²) in [4.78, 5) is 0. The van der Waals surface area contributed by atoms with Crippen molar-refractivity contribution in [1.82, 2.24) is 5.16 Å². The monoisotopic (exact) mass is 339 g/mol. The summed E-state index contributed by atoms with van der Waals surface area (Å²) in [5, 5.41) is 3.24. The second kappa shape index (κ2) is 5.36. The van der Waals surface area contributed by atoms with Gasteiger partial charge in [-0.25, -0.2) is 0 Å². The topological polar surface area (TPSA) is 44.5 Å². The molecule has 128 valence electrons. The standard InChI is InChI=1S/C16H17BF3NO3/c1-14(2)15(3,4)24-17(23-14)11-12(10-8-6-5-7-9-10)22-21-13(11)16(18,19)20/h5-9H,1-4H3. The first kappa shape index (κ1) is 17.0. The van der Waals surface area contributed by atoms with Gasteiger partial charge in [-0.2, -0.15) is 13.2 Å². The molecule has 4 nitrogen and oxygen atoms in total. The van der Waals surface area contributed by atoms with E-state index in [1.54, 1.807) is 58.0 Å². The SMILES string of the molecule is CC1(C)OB(c2c(C(F)(F)F)noc2-c2ccccc2)OC1(C)C. The first-order chi connectivity index (χ1) is 11.0. The Bertz CT molecular complexity index is 725. The molecule has 0 bridgehead atoms. The molecule has 1 saturated heterocycles. The van der Waals surface area contributed by atoms with E-state index in [-0.39, 0.29) is 11.2 Å². The molecule has 0 N–H and O–H groups in total. The molecule has 0 radical (unpaired) electrons. The summed E-state index contributed by atoms with van der Waals surface area (Å²) in [5.41, 5.74) is -2.42. The van der Waals surface area contributed by atoms with E-state index in [0.29, 0.717) is 5.56 Å². The highest BCUT2D eigenvalue weighted by molar-refractivity contribution is 6.64. The molecule has 0 aliphatic carbocycles. The van der Waals surface area contributed by atoms with Crippen molar-refractivity contribution in [2.75, 3.05) is 0 Å². The number of benzene rings is 1. The fourth-order valence-corrected chi connectivity index (χ4v) is 2.48. The van der Waals surface area contributed by atoms with Gasteiger partial charge in [-0.1, -0.05) is 35.5 Å². The maximum absolute atomic E-state index is 13.4. The highest BCUT2D eigenvalue weighted by Gasteiger charge is 2.56. The van der Waals surface area contributed by atoms with Crippen LogP contribution in [0.4, 0.5) is 13.2 Å². The third-order valence-corrected chi connectivity index (χ3v) is 4.52. The molecule has 2 aromatic rings. The summed E-state index contributed by atoms with van der Waals surface area (Å²) in [5.74, 6) is 0.00132. The Morgan fingerprint density at radius 3 is 2.00 bits per heavy atom. The van der Waals surface area contributed by atoms with Crippen molar-refractivity contribution in [1.29, 1.82) is 0 Å². The second-order valence-electron chi connectivity index (χ2n) is 6.73. The number of hydrogen-bond donors (Lipinski definition) is 0. The Balaban J connectivity index is 2.14. The van der Waals surface area contributed by atoms with Gasteiger partial charge in [0.25, 0.3) is 0 Å². The van der Waals surface area contributed by atoms with Crippen LogP contribution >= 0.6 is 0 Å². The molecule has 0 unspecified atom stereocenters. The second-order valence-corrected chi connectivity index (χ2v) is 6.73.